The molecule has 4 heteroatoms. The predicted octanol–water partition coefficient (Wildman–Crippen LogP) is 3.74. The molecule has 0 spiro atoms. The summed E-state index contributed by atoms with van der Waals surface area (Å²) in [4.78, 5) is 28.2. The number of anilines is 2. The fourth-order valence-corrected chi connectivity index (χ4v) is 3.01. The molecule has 0 saturated heterocycles. The van der Waals surface area contributed by atoms with E-state index in [1.165, 1.54) is 0 Å². The zero-order valence-corrected chi connectivity index (χ0v) is 14.3. The SMILES string of the molecule is CC(C)(C)C(=O)N1Cc2ccccc2CN(C=O)c2ccccc21. The second-order valence-corrected chi connectivity index (χ2v) is 7.13. The lowest BCUT2D eigenvalue weighted by Crippen LogP contribution is -2.41. The smallest absolute Gasteiger partial charge is 0.232 e. The van der Waals surface area contributed by atoms with Gasteiger partial charge in [0.15, 0.2) is 0 Å². The summed E-state index contributed by atoms with van der Waals surface area (Å²) < 4.78 is 0. The van der Waals surface area contributed by atoms with Crippen LogP contribution in [-0.4, -0.2) is 12.3 Å². The summed E-state index contributed by atoms with van der Waals surface area (Å²) in [7, 11) is 0. The quantitative estimate of drug-likeness (QED) is 0.750. The first-order valence-corrected chi connectivity index (χ1v) is 8.11. The molecule has 0 bridgehead atoms. The van der Waals surface area contributed by atoms with Gasteiger partial charge >= 0.3 is 0 Å². The largest absolute Gasteiger partial charge is 0.309 e. The molecule has 2 aromatic carbocycles. The van der Waals surface area contributed by atoms with E-state index in [4.69, 9.17) is 0 Å². The highest BCUT2D eigenvalue weighted by molar-refractivity contribution is 6.01. The van der Waals surface area contributed by atoms with E-state index in [1.54, 1.807) is 9.80 Å². The lowest BCUT2D eigenvalue weighted by atomic mass is 9.93. The molecule has 0 aromatic heterocycles. The fourth-order valence-electron chi connectivity index (χ4n) is 3.01. The first kappa shape index (κ1) is 16.2. The van der Waals surface area contributed by atoms with Crippen molar-refractivity contribution in [2.45, 2.75) is 33.9 Å². The van der Waals surface area contributed by atoms with Crippen molar-refractivity contribution >= 4 is 23.7 Å². The van der Waals surface area contributed by atoms with Crippen LogP contribution >= 0.6 is 0 Å². The zero-order valence-electron chi connectivity index (χ0n) is 14.3. The van der Waals surface area contributed by atoms with Gasteiger partial charge in [-0.3, -0.25) is 9.59 Å². The van der Waals surface area contributed by atoms with E-state index in [0.717, 1.165) is 28.9 Å². The first-order chi connectivity index (χ1) is 11.4. The molecule has 0 saturated carbocycles. The van der Waals surface area contributed by atoms with Crippen molar-refractivity contribution in [3.63, 3.8) is 0 Å². The van der Waals surface area contributed by atoms with Gasteiger partial charge in [-0.2, -0.15) is 0 Å². The van der Waals surface area contributed by atoms with Crippen molar-refractivity contribution in [2.75, 3.05) is 9.80 Å². The van der Waals surface area contributed by atoms with E-state index in [9.17, 15) is 9.59 Å². The molecule has 2 amide bonds. The molecule has 1 aliphatic rings. The number of carbonyl (C=O) groups is 2. The Hall–Kier alpha value is -2.62. The number of carbonyl (C=O) groups excluding carboxylic acids is 2. The lowest BCUT2D eigenvalue weighted by Gasteiger charge is -2.35. The summed E-state index contributed by atoms with van der Waals surface area (Å²) in [5.41, 5.74) is 3.16. The van der Waals surface area contributed by atoms with Crippen LogP contribution in [-0.2, 0) is 22.7 Å². The molecule has 124 valence electrons. The third-order valence-electron chi connectivity index (χ3n) is 4.28. The Bertz CT molecular complexity index is 777. The van der Waals surface area contributed by atoms with Gasteiger partial charge < -0.3 is 9.80 Å². The van der Waals surface area contributed by atoms with Gasteiger partial charge in [-0.15, -0.1) is 0 Å². The minimum atomic E-state index is -0.507. The highest BCUT2D eigenvalue weighted by Crippen LogP contribution is 2.36. The molecule has 0 radical (unpaired) electrons. The Kier molecular flexibility index (Phi) is 4.14. The molecule has 0 fully saturated rings. The maximum atomic E-state index is 13.1. The van der Waals surface area contributed by atoms with E-state index >= 15 is 0 Å². The summed E-state index contributed by atoms with van der Waals surface area (Å²) in [6, 6.07) is 15.6. The fraction of sp³-hybridized carbons (Fsp3) is 0.300. The Morgan fingerprint density at radius 2 is 1.46 bits per heavy atom. The first-order valence-electron chi connectivity index (χ1n) is 8.11. The number of amides is 2. The van der Waals surface area contributed by atoms with E-state index in [1.807, 2.05) is 69.3 Å². The normalized spacial score (nSPS) is 14.3. The molecule has 1 aliphatic heterocycles. The molecule has 0 atom stereocenters. The van der Waals surface area contributed by atoms with E-state index in [-0.39, 0.29) is 5.91 Å². The second kappa shape index (κ2) is 6.11. The van der Waals surface area contributed by atoms with Crippen molar-refractivity contribution in [3.8, 4) is 0 Å². The zero-order chi connectivity index (χ0) is 17.3. The van der Waals surface area contributed by atoms with Crippen LogP contribution in [0.15, 0.2) is 48.5 Å². The van der Waals surface area contributed by atoms with Gasteiger partial charge in [-0.05, 0) is 23.3 Å². The minimum absolute atomic E-state index is 0.0394. The van der Waals surface area contributed by atoms with Gasteiger partial charge in [0.2, 0.25) is 12.3 Å². The second-order valence-electron chi connectivity index (χ2n) is 7.13. The maximum absolute atomic E-state index is 13.1. The molecule has 0 N–H and O–H groups in total. The van der Waals surface area contributed by atoms with Crippen LogP contribution < -0.4 is 9.80 Å². The van der Waals surface area contributed by atoms with Crippen LogP contribution in [0.2, 0.25) is 0 Å². The van der Waals surface area contributed by atoms with Crippen LogP contribution in [0.4, 0.5) is 11.4 Å². The van der Waals surface area contributed by atoms with Crippen LogP contribution in [0.5, 0.6) is 0 Å². The number of hydrogen-bond acceptors (Lipinski definition) is 2. The number of nitrogens with zero attached hydrogens (tertiary/aromatic N) is 2. The molecule has 3 rings (SSSR count). The average Bonchev–Trinajstić information content (AvgIpc) is 2.55. The van der Waals surface area contributed by atoms with Gasteiger partial charge in [0, 0.05) is 5.41 Å². The molecule has 0 unspecified atom stereocenters. The van der Waals surface area contributed by atoms with Gasteiger partial charge in [-0.25, -0.2) is 0 Å². The Morgan fingerprint density at radius 1 is 0.917 bits per heavy atom. The topological polar surface area (TPSA) is 40.6 Å². The van der Waals surface area contributed by atoms with Gasteiger partial charge in [-0.1, -0.05) is 57.2 Å². The minimum Gasteiger partial charge on any atom is -0.309 e. The third kappa shape index (κ3) is 2.92. The van der Waals surface area contributed by atoms with E-state index < -0.39 is 5.41 Å². The molecule has 24 heavy (non-hydrogen) atoms. The van der Waals surface area contributed by atoms with E-state index in [2.05, 4.69) is 0 Å². The standard InChI is InChI=1S/C20H22N2O2/c1-20(2,3)19(24)22-13-16-9-5-4-8-15(16)12-21(14-23)17-10-6-7-11-18(17)22/h4-11,14H,12-13H2,1-3H3. The summed E-state index contributed by atoms with van der Waals surface area (Å²) in [6.07, 6.45) is 0.834. The lowest BCUT2D eigenvalue weighted by molar-refractivity contribution is -0.126. The number of benzene rings is 2. The van der Waals surface area contributed by atoms with Crippen molar-refractivity contribution in [2.24, 2.45) is 5.41 Å². The molecule has 2 aromatic rings. The number of rotatable bonds is 1. The maximum Gasteiger partial charge on any atom is 0.232 e. The molecule has 0 aliphatic carbocycles. The van der Waals surface area contributed by atoms with E-state index in [0.29, 0.717) is 13.1 Å². The van der Waals surface area contributed by atoms with Crippen LogP contribution in [0.3, 0.4) is 0 Å². The van der Waals surface area contributed by atoms with Gasteiger partial charge in [0.1, 0.15) is 0 Å². The van der Waals surface area contributed by atoms with Crippen molar-refractivity contribution in [3.05, 3.63) is 59.7 Å². The van der Waals surface area contributed by atoms with Crippen molar-refractivity contribution < 1.29 is 9.59 Å². The summed E-state index contributed by atoms with van der Waals surface area (Å²) in [5.74, 6) is 0.0394. The average molecular weight is 322 g/mol. The van der Waals surface area contributed by atoms with Crippen LogP contribution in [0.25, 0.3) is 0 Å². The predicted molar refractivity (Wildman–Crippen MR) is 95.8 cm³/mol. The van der Waals surface area contributed by atoms with Crippen LogP contribution in [0, 0.1) is 5.41 Å². The van der Waals surface area contributed by atoms with Crippen LogP contribution in [0.1, 0.15) is 31.9 Å². The van der Waals surface area contributed by atoms with Gasteiger partial charge in [0.25, 0.3) is 0 Å². The molecule has 4 nitrogen and oxygen atoms in total. The highest BCUT2D eigenvalue weighted by atomic mass is 16.2. The Morgan fingerprint density at radius 3 is 2.04 bits per heavy atom. The molecular formula is C20H22N2O2. The van der Waals surface area contributed by atoms with Gasteiger partial charge in [0.05, 0.1) is 24.5 Å². The number of fused-ring (bicyclic) bond motifs is 2. The van der Waals surface area contributed by atoms with Crippen molar-refractivity contribution in [1.29, 1.82) is 0 Å². The summed E-state index contributed by atoms with van der Waals surface area (Å²) in [6.45, 7) is 6.77. The third-order valence-corrected chi connectivity index (χ3v) is 4.28. The molecular weight excluding hydrogens is 300 g/mol. The number of para-hydroxylation sites is 2. The Labute approximate surface area is 142 Å². The summed E-state index contributed by atoms with van der Waals surface area (Å²) >= 11 is 0. The summed E-state index contributed by atoms with van der Waals surface area (Å²) in [5, 5.41) is 0. The Balaban J connectivity index is 2.19. The highest BCUT2D eigenvalue weighted by Gasteiger charge is 2.32. The number of hydrogen-bond donors (Lipinski definition) is 0. The van der Waals surface area contributed by atoms with Crippen molar-refractivity contribution in [1.82, 2.24) is 0 Å². The molecule has 1 heterocycles. The monoisotopic (exact) mass is 322 g/mol.